The van der Waals surface area contributed by atoms with Gasteiger partial charge in [0.25, 0.3) is 0 Å². The predicted octanol–water partition coefficient (Wildman–Crippen LogP) is 0.0705. The van der Waals surface area contributed by atoms with Crippen molar-refractivity contribution in [1.82, 2.24) is 5.32 Å². The van der Waals surface area contributed by atoms with E-state index in [0.717, 1.165) is 19.4 Å². The van der Waals surface area contributed by atoms with Gasteiger partial charge in [-0.05, 0) is 26.3 Å². The Labute approximate surface area is 77.6 Å². The van der Waals surface area contributed by atoms with Crippen LogP contribution in [0.2, 0.25) is 0 Å². The van der Waals surface area contributed by atoms with E-state index in [2.05, 4.69) is 5.32 Å². The van der Waals surface area contributed by atoms with Gasteiger partial charge >= 0.3 is 5.97 Å². The lowest BCUT2D eigenvalue weighted by atomic mass is 10.0. The molecule has 2 heterocycles. The Balaban J connectivity index is 1.87. The normalized spacial score (nSPS) is 34.2. The molecule has 0 aliphatic carbocycles. The summed E-state index contributed by atoms with van der Waals surface area (Å²) in [5.41, 5.74) is -0.449. The third-order valence-electron chi connectivity index (χ3n) is 2.70. The Kier molecular flexibility index (Phi) is 2.26. The van der Waals surface area contributed by atoms with Crippen molar-refractivity contribution < 1.29 is 14.3 Å². The molecule has 0 bridgehead atoms. The number of nitrogens with one attached hydrogen (secondary N) is 1. The van der Waals surface area contributed by atoms with Crippen molar-refractivity contribution in [2.45, 2.75) is 31.4 Å². The summed E-state index contributed by atoms with van der Waals surface area (Å²) in [4.78, 5) is 11.6. The molecule has 0 spiro atoms. The van der Waals surface area contributed by atoms with Gasteiger partial charge in [0.1, 0.15) is 11.6 Å². The first kappa shape index (κ1) is 8.97. The molecule has 0 aromatic rings. The molecule has 2 saturated heterocycles. The molecule has 1 atom stereocenters. The molecular weight excluding hydrogens is 170 g/mol. The van der Waals surface area contributed by atoms with Crippen molar-refractivity contribution in [3.05, 3.63) is 0 Å². The highest BCUT2D eigenvalue weighted by atomic mass is 16.6. The van der Waals surface area contributed by atoms with E-state index in [-0.39, 0.29) is 12.1 Å². The Bertz CT molecular complexity index is 207. The lowest BCUT2D eigenvalue weighted by Crippen LogP contribution is -2.49. The van der Waals surface area contributed by atoms with Crippen LogP contribution in [0.25, 0.3) is 0 Å². The van der Waals surface area contributed by atoms with Crippen LogP contribution in [0.4, 0.5) is 0 Å². The first-order valence-electron chi connectivity index (χ1n) is 4.74. The lowest BCUT2D eigenvalue weighted by Gasteiger charge is -2.30. The molecule has 2 aliphatic rings. The number of carbonyl (C=O) groups is 1. The number of ether oxygens (including phenoxy) is 2. The summed E-state index contributed by atoms with van der Waals surface area (Å²) >= 11 is 0. The van der Waals surface area contributed by atoms with Crippen LogP contribution < -0.4 is 5.32 Å². The van der Waals surface area contributed by atoms with Gasteiger partial charge in [-0.15, -0.1) is 0 Å². The molecule has 2 fully saturated rings. The van der Waals surface area contributed by atoms with Crippen molar-refractivity contribution in [2.24, 2.45) is 0 Å². The van der Waals surface area contributed by atoms with Gasteiger partial charge < -0.3 is 14.8 Å². The van der Waals surface area contributed by atoms with Crippen molar-refractivity contribution in [1.29, 1.82) is 0 Å². The summed E-state index contributed by atoms with van der Waals surface area (Å²) in [5, 5.41) is 3.17. The Hall–Kier alpha value is -0.610. The molecule has 0 aromatic carbocycles. The minimum Gasteiger partial charge on any atom is -0.456 e. The van der Waals surface area contributed by atoms with E-state index in [0.29, 0.717) is 13.2 Å². The molecule has 74 valence electrons. The van der Waals surface area contributed by atoms with E-state index in [1.807, 2.05) is 6.92 Å². The molecule has 1 N–H and O–H groups in total. The van der Waals surface area contributed by atoms with E-state index in [9.17, 15) is 4.79 Å². The fourth-order valence-corrected chi connectivity index (χ4v) is 1.63. The summed E-state index contributed by atoms with van der Waals surface area (Å²) in [7, 11) is 0. The molecule has 0 aromatic heterocycles. The van der Waals surface area contributed by atoms with Gasteiger partial charge in [-0.1, -0.05) is 0 Å². The van der Waals surface area contributed by atoms with Crippen molar-refractivity contribution >= 4 is 5.97 Å². The standard InChI is InChI=1S/C9H15NO3/c1-9(3-2-4-10-9)8(11)13-7-5-12-6-7/h7,10H,2-6H2,1H3. The number of hydrogen-bond acceptors (Lipinski definition) is 4. The minimum absolute atomic E-state index is 0.00766. The maximum absolute atomic E-state index is 11.6. The van der Waals surface area contributed by atoms with Gasteiger partial charge in [-0.3, -0.25) is 4.79 Å². The Morgan fingerprint density at radius 2 is 2.38 bits per heavy atom. The molecule has 2 aliphatic heterocycles. The van der Waals surface area contributed by atoms with Gasteiger partial charge in [-0.2, -0.15) is 0 Å². The Morgan fingerprint density at radius 3 is 2.85 bits per heavy atom. The van der Waals surface area contributed by atoms with E-state index < -0.39 is 5.54 Å². The largest absolute Gasteiger partial charge is 0.456 e. The van der Waals surface area contributed by atoms with Crippen LogP contribution in [0.1, 0.15) is 19.8 Å². The van der Waals surface area contributed by atoms with Gasteiger partial charge in [0.15, 0.2) is 0 Å². The topological polar surface area (TPSA) is 47.6 Å². The van der Waals surface area contributed by atoms with E-state index in [4.69, 9.17) is 9.47 Å². The number of hydrogen-bond donors (Lipinski definition) is 1. The highest BCUT2D eigenvalue weighted by Gasteiger charge is 2.39. The number of carbonyl (C=O) groups excluding carboxylic acids is 1. The third kappa shape index (κ3) is 1.69. The third-order valence-corrected chi connectivity index (χ3v) is 2.70. The van der Waals surface area contributed by atoms with Crippen LogP contribution in [-0.4, -0.2) is 37.4 Å². The maximum Gasteiger partial charge on any atom is 0.326 e. The average molecular weight is 185 g/mol. The van der Waals surface area contributed by atoms with Gasteiger partial charge in [-0.25, -0.2) is 0 Å². The molecule has 0 amide bonds. The highest BCUT2D eigenvalue weighted by Crippen LogP contribution is 2.21. The van der Waals surface area contributed by atoms with Gasteiger partial charge in [0.2, 0.25) is 0 Å². The fourth-order valence-electron chi connectivity index (χ4n) is 1.63. The zero-order valence-electron chi connectivity index (χ0n) is 7.84. The quantitative estimate of drug-likeness (QED) is 0.618. The molecule has 1 unspecified atom stereocenters. The highest BCUT2D eigenvalue weighted by molar-refractivity contribution is 5.80. The zero-order valence-corrected chi connectivity index (χ0v) is 7.84. The van der Waals surface area contributed by atoms with Gasteiger partial charge in [0.05, 0.1) is 13.2 Å². The van der Waals surface area contributed by atoms with Crippen LogP contribution in [-0.2, 0) is 14.3 Å². The molecule has 0 saturated carbocycles. The summed E-state index contributed by atoms with van der Waals surface area (Å²) < 4.78 is 10.2. The summed E-state index contributed by atoms with van der Waals surface area (Å²) in [5.74, 6) is -0.127. The van der Waals surface area contributed by atoms with Crippen LogP contribution >= 0.6 is 0 Å². The predicted molar refractivity (Wildman–Crippen MR) is 46.3 cm³/mol. The van der Waals surface area contributed by atoms with Crippen LogP contribution in [0, 0.1) is 0 Å². The van der Waals surface area contributed by atoms with Crippen molar-refractivity contribution in [3.8, 4) is 0 Å². The molecule has 4 nitrogen and oxygen atoms in total. The zero-order chi connectivity index (χ0) is 9.31. The monoisotopic (exact) mass is 185 g/mol. The maximum atomic E-state index is 11.6. The number of esters is 1. The van der Waals surface area contributed by atoms with E-state index in [1.165, 1.54) is 0 Å². The second-order valence-corrected chi connectivity index (χ2v) is 3.93. The smallest absolute Gasteiger partial charge is 0.326 e. The molecular formula is C9H15NO3. The van der Waals surface area contributed by atoms with Crippen molar-refractivity contribution in [3.63, 3.8) is 0 Å². The number of rotatable bonds is 2. The summed E-state index contributed by atoms with van der Waals surface area (Å²) in [6.45, 7) is 3.93. The second-order valence-electron chi connectivity index (χ2n) is 3.93. The van der Waals surface area contributed by atoms with Crippen LogP contribution in [0.15, 0.2) is 0 Å². The minimum atomic E-state index is -0.449. The first-order chi connectivity index (χ1) is 6.21. The summed E-state index contributed by atoms with van der Waals surface area (Å²) in [6.07, 6.45) is 1.92. The lowest BCUT2D eigenvalue weighted by molar-refractivity contribution is -0.178. The van der Waals surface area contributed by atoms with Crippen LogP contribution in [0.3, 0.4) is 0 Å². The Morgan fingerprint density at radius 1 is 1.62 bits per heavy atom. The molecule has 4 heteroatoms. The average Bonchev–Trinajstić information content (AvgIpc) is 2.45. The van der Waals surface area contributed by atoms with E-state index in [1.54, 1.807) is 0 Å². The fraction of sp³-hybridized carbons (Fsp3) is 0.889. The molecule has 13 heavy (non-hydrogen) atoms. The van der Waals surface area contributed by atoms with Gasteiger partial charge in [0, 0.05) is 0 Å². The van der Waals surface area contributed by atoms with Crippen molar-refractivity contribution in [2.75, 3.05) is 19.8 Å². The van der Waals surface area contributed by atoms with E-state index >= 15 is 0 Å². The second kappa shape index (κ2) is 3.27. The summed E-state index contributed by atoms with van der Waals surface area (Å²) in [6, 6.07) is 0. The molecule has 0 radical (unpaired) electrons. The molecule has 2 rings (SSSR count). The first-order valence-corrected chi connectivity index (χ1v) is 4.74. The SMILES string of the molecule is CC1(C(=O)OC2COC2)CCCN1. The van der Waals surface area contributed by atoms with Crippen LogP contribution in [0.5, 0.6) is 0 Å².